The van der Waals surface area contributed by atoms with E-state index in [0.29, 0.717) is 16.2 Å². The molecule has 0 amide bonds. The van der Waals surface area contributed by atoms with Gasteiger partial charge in [0.2, 0.25) is 0 Å². The van der Waals surface area contributed by atoms with Gasteiger partial charge < -0.3 is 0 Å². The maximum Gasteiger partial charge on any atom is 0.0949 e. The molecule has 104 valence electrons. The number of aromatic nitrogens is 1. The average Bonchev–Trinajstić information content (AvgIpc) is 2.69. The highest BCUT2D eigenvalue weighted by molar-refractivity contribution is 9.09. The van der Waals surface area contributed by atoms with Crippen molar-refractivity contribution in [2.24, 2.45) is 11.3 Å². The van der Waals surface area contributed by atoms with Crippen molar-refractivity contribution in [3.05, 3.63) is 29.3 Å². The molecule has 1 aromatic heterocycles. The summed E-state index contributed by atoms with van der Waals surface area (Å²) in [6, 6.07) is 8.38. The van der Waals surface area contributed by atoms with Crippen molar-refractivity contribution in [2.75, 3.05) is 0 Å². The van der Waals surface area contributed by atoms with E-state index < -0.39 is 0 Å². The smallest absolute Gasteiger partial charge is 0.0949 e. The minimum absolute atomic E-state index is 0.375. The predicted molar refractivity (Wildman–Crippen MR) is 89.3 cm³/mol. The zero-order chi connectivity index (χ0) is 14.0. The Bertz CT molecular complexity index is 508. The highest BCUT2D eigenvalue weighted by Gasteiger charge is 2.23. The Hall–Kier alpha value is -0.410. The Morgan fingerprint density at radius 3 is 2.58 bits per heavy atom. The van der Waals surface area contributed by atoms with E-state index >= 15 is 0 Å². The van der Waals surface area contributed by atoms with Crippen LogP contribution in [0.2, 0.25) is 0 Å². The molecule has 2 unspecified atom stereocenters. The first-order valence-electron chi connectivity index (χ1n) is 6.85. The lowest BCUT2D eigenvalue weighted by atomic mass is 9.79. The van der Waals surface area contributed by atoms with E-state index in [4.69, 9.17) is 4.98 Å². The number of hydrogen-bond acceptors (Lipinski definition) is 2. The van der Waals surface area contributed by atoms with Gasteiger partial charge >= 0.3 is 0 Å². The van der Waals surface area contributed by atoms with Gasteiger partial charge in [-0.1, -0.05) is 55.8 Å². The molecule has 0 spiro atoms. The summed E-state index contributed by atoms with van der Waals surface area (Å²) in [4.78, 5) is 5.23. The fourth-order valence-electron chi connectivity index (χ4n) is 2.02. The molecular formula is C16H22BrNS. The molecule has 0 aliphatic carbocycles. The maximum atomic E-state index is 4.71. The van der Waals surface area contributed by atoms with Crippen LogP contribution in [0.25, 0.3) is 10.2 Å². The zero-order valence-electron chi connectivity index (χ0n) is 12.1. The zero-order valence-corrected chi connectivity index (χ0v) is 14.5. The molecule has 1 heterocycles. The second-order valence-electron chi connectivity index (χ2n) is 6.38. The van der Waals surface area contributed by atoms with Gasteiger partial charge in [-0.05, 0) is 29.9 Å². The van der Waals surface area contributed by atoms with Gasteiger partial charge in [-0.3, -0.25) is 0 Å². The molecule has 2 rings (SSSR count). The largest absolute Gasteiger partial charge is 0.241 e. The molecule has 2 aromatic rings. The number of fused-ring (bicyclic) bond motifs is 1. The number of rotatable bonds is 4. The Morgan fingerprint density at radius 2 is 1.95 bits per heavy atom. The summed E-state index contributed by atoms with van der Waals surface area (Å²) in [7, 11) is 0. The van der Waals surface area contributed by atoms with Gasteiger partial charge in [0.15, 0.2) is 0 Å². The highest BCUT2D eigenvalue weighted by atomic mass is 79.9. The molecular weight excluding hydrogens is 318 g/mol. The Kier molecular flexibility index (Phi) is 4.67. The summed E-state index contributed by atoms with van der Waals surface area (Å²) in [6.45, 7) is 9.28. The lowest BCUT2D eigenvalue weighted by molar-refractivity contribution is 0.246. The quantitative estimate of drug-likeness (QED) is 0.653. The molecule has 1 nitrogen and oxygen atoms in total. The summed E-state index contributed by atoms with van der Waals surface area (Å²) >= 11 is 5.65. The molecule has 1 aromatic carbocycles. The predicted octanol–water partition coefficient (Wildman–Crippen LogP) is 5.67. The monoisotopic (exact) mass is 339 g/mol. The van der Waals surface area contributed by atoms with Crippen molar-refractivity contribution in [3.63, 3.8) is 0 Å². The summed E-state index contributed by atoms with van der Waals surface area (Å²) in [5.74, 6) is 0.700. The van der Waals surface area contributed by atoms with Crippen LogP contribution in [0.1, 0.15) is 39.1 Å². The van der Waals surface area contributed by atoms with Crippen LogP contribution in [-0.4, -0.2) is 9.81 Å². The van der Waals surface area contributed by atoms with Gasteiger partial charge in [-0.25, -0.2) is 4.98 Å². The van der Waals surface area contributed by atoms with Crippen LogP contribution in [0, 0.1) is 11.3 Å². The van der Waals surface area contributed by atoms with Crippen LogP contribution in [0.4, 0.5) is 0 Å². The van der Waals surface area contributed by atoms with Crippen molar-refractivity contribution in [2.45, 2.75) is 45.4 Å². The van der Waals surface area contributed by atoms with Crippen molar-refractivity contribution in [1.29, 1.82) is 0 Å². The normalized spacial score (nSPS) is 15.6. The van der Waals surface area contributed by atoms with Crippen molar-refractivity contribution >= 4 is 37.5 Å². The molecule has 0 radical (unpaired) electrons. The van der Waals surface area contributed by atoms with E-state index in [2.05, 4.69) is 67.9 Å². The van der Waals surface area contributed by atoms with E-state index in [0.717, 1.165) is 11.9 Å². The fraction of sp³-hybridized carbons (Fsp3) is 0.562. The van der Waals surface area contributed by atoms with Crippen LogP contribution in [0.15, 0.2) is 24.3 Å². The van der Waals surface area contributed by atoms with Crippen LogP contribution in [0.5, 0.6) is 0 Å². The summed E-state index contributed by atoms with van der Waals surface area (Å²) in [5, 5.41) is 1.24. The summed E-state index contributed by atoms with van der Waals surface area (Å²) < 4.78 is 1.29. The first-order chi connectivity index (χ1) is 8.86. The van der Waals surface area contributed by atoms with Crippen LogP contribution < -0.4 is 0 Å². The summed E-state index contributed by atoms with van der Waals surface area (Å²) in [5.41, 5.74) is 1.51. The van der Waals surface area contributed by atoms with E-state index in [1.54, 1.807) is 0 Å². The number of para-hydroxylation sites is 1. The van der Waals surface area contributed by atoms with Crippen molar-refractivity contribution in [1.82, 2.24) is 4.98 Å². The Labute approximate surface area is 128 Å². The standard InChI is InChI=1S/C16H22BrNS/c1-11(16(2,3)4)9-12(17)10-15-18-13-7-5-6-8-14(13)19-15/h5-8,11-12H,9-10H2,1-4H3. The third kappa shape index (κ3) is 4.03. The summed E-state index contributed by atoms with van der Waals surface area (Å²) in [6.07, 6.45) is 2.22. The molecule has 0 aliphatic heterocycles. The minimum Gasteiger partial charge on any atom is -0.241 e. The SMILES string of the molecule is CC(CC(Br)Cc1nc2ccccc2s1)C(C)(C)C. The minimum atomic E-state index is 0.375. The number of halogens is 1. The average molecular weight is 340 g/mol. The molecule has 0 saturated carbocycles. The lowest BCUT2D eigenvalue weighted by Crippen LogP contribution is -2.21. The van der Waals surface area contributed by atoms with Crippen LogP contribution in [-0.2, 0) is 6.42 Å². The molecule has 0 saturated heterocycles. The van der Waals surface area contributed by atoms with Gasteiger partial charge in [0, 0.05) is 11.2 Å². The highest BCUT2D eigenvalue weighted by Crippen LogP contribution is 2.32. The first kappa shape index (κ1) is 15.0. The molecule has 3 heteroatoms. The number of alkyl halides is 1. The molecule has 0 N–H and O–H groups in total. The van der Waals surface area contributed by atoms with Crippen LogP contribution >= 0.6 is 27.3 Å². The van der Waals surface area contributed by atoms with Crippen molar-refractivity contribution in [3.8, 4) is 0 Å². The van der Waals surface area contributed by atoms with Gasteiger partial charge in [0.05, 0.1) is 15.2 Å². The second-order valence-corrected chi connectivity index (χ2v) is 8.79. The van der Waals surface area contributed by atoms with Gasteiger partial charge in [-0.2, -0.15) is 0 Å². The van der Waals surface area contributed by atoms with E-state index in [1.807, 2.05) is 11.3 Å². The molecule has 0 aliphatic rings. The number of benzene rings is 1. The van der Waals surface area contributed by atoms with E-state index in [-0.39, 0.29) is 0 Å². The number of hydrogen-bond donors (Lipinski definition) is 0. The molecule has 19 heavy (non-hydrogen) atoms. The lowest BCUT2D eigenvalue weighted by Gasteiger charge is -2.28. The fourth-order valence-corrected chi connectivity index (χ4v) is 4.15. The van der Waals surface area contributed by atoms with E-state index in [1.165, 1.54) is 16.1 Å². The molecule has 0 bridgehead atoms. The topological polar surface area (TPSA) is 12.9 Å². The Morgan fingerprint density at radius 1 is 1.26 bits per heavy atom. The van der Waals surface area contributed by atoms with Crippen LogP contribution in [0.3, 0.4) is 0 Å². The van der Waals surface area contributed by atoms with Gasteiger partial charge in [0.1, 0.15) is 0 Å². The molecule has 0 fully saturated rings. The second kappa shape index (κ2) is 5.92. The number of thiazole rings is 1. The molecule has 2 atom stereocenters. The van der Waals surface area contributed by atoms with Gasteiger partial charge in [0.25, 0.3) is 0 Å². The van der Waals surface area contributed by atoms with E-state index in [9.17, 15) is 0 Å². The third-order valence-electron chi connectivity index (χ3n) is 3.82. The maximum absolute atomic E-state index is 4.71. The first-order valence-corrected chi connectivity index (χ1v) is 8.58. The van der Waals surface area contributed by atoms with Gasteiger partial charge in [-0.15, -0.1) is 11.3 Å². The number of nitrogens with zero attached hydrogens (tertiary/aromatic N) is 1. The Balaban J connectivity index is 2.00. The van der Waals surface area contributed by atoms with Crippen molar-refractivity contribution < 1.29 is 0 Å². The third-order valence-corrected chi connectivity index (χ3v) is 5.58.